The number of aliphatic hydroxyl groups is 4. The summed E-state index contributed by atoms with van der Waals surface area (Å²) in [6, 6.07) is 0. The van der Waals surface area contributed by atoms with Crippen molar-refractivity contribution in [2.24, 2.45) is 5.92 Å². The topological polar surface area (TPSA) is 174 Å². The molecule has 0 spiro atoms. The minimum absolute atomic E-state index is 0. The minimum Gasteiger partial charge on any atom is -0.693 e. The van der Waals surface area contributed by atoms with Crippen molar-refractivity contribution in [1.82, 2.24) is 0 Å². The van der Waals surface area contributed by atoms with Gasteiger partial charge in [-0.25, -0.2) is 0 Å². The molecular weight excluding hydrogens is 486 g/mol. The van der Waals surface area contributed by atoms with Gasteiger partial charge in [-0.15, -0.1) is 19.6 Å². The molecule has 0 aromatic heterocycles. The van der Waals surface area contributed by atoms with E-state index >= 15 is 0 Å². The van der Waals surface area contributed by atoms with Crippen LogP contribution in [0.4, 0.5) is 0 Å². The zero-order chi connectivity index (χ0) is 15.4. The van der Waals surface area contributed by atoms with Crippen molar-refractivity contribution in [1.29, 1.82) is 0 Å². The summed E-state index contributed by atoms with van der Waals surface area (Å²) >= 11 is 0. The summed E-state index contributed by atoms with van der Waals surface area (Å²) in [5, 5.41) is 38.9. The number of aliphatic hydroxyl groups excluding tert-OH is 2. The van der Waals surface area contributed by atoms with E-state index in [1.807, 2.05) is 6.20 Å². The molecule has 1 saturated heterocycles. The quantitative estimate of drug-likeness (QED) is 0.302. The molecule has 0 saturated carbocycles. The van der Waals surface area contributed by atoms with Gasteiger partial charge in [-0.2, -0.15) is 6.20 Å². The Morgan fingerprint density at radius 1 is 1.00 bits per heavy atom. The number of piperidine rings is 1. The molecule has 0 bridgehead atoms. The fraction of sp³-hybridized carbons (Fsp3) is 0.714. The predicted octanol–water partition coefficient (Wildman–Crippen LogP) is 1.12. The SMILES string of the molecule is C1=CC(C2CC[N-]CC2)=CC[N-]1.CC(O)O.CC(O)O.O.[NH2-].[Zn+2].[Zn].[Zn]. The van der Waals surface area contributed by atoms with E-state index in [0.717, 1.165) is 25.6 Å². The number of rotatable bonds is 1. The Bertz CT molecular complexity index is 292. The van der Waals surface area contributed by atoms with E-state index in [4.69, 9.17) is 20.4 Å². The second-order valence-electron chi connectivity index (χ2n) is 4.59. The van der Waals surface area contributed by atoms with Crippen molar-refractivity contribution in [3.05, 3.63) is 40.7 Å². The van der Waals surface area contributed by atoms with Crippen LogP contribution in [0, 0.1) is 5.92 Å². The van der Waals surface area contributed by atoms with Crippen molar-refractivity contribution in [3.63, 3.8) is 0 Å². The average molecular weight is 517 g/mol. The normalized spacial score (nSPS) is 14.8. The Balaban J connectivity index is -0.0000000611. The molecule has 0 radical (unpaired) electrons. The van der Waals surface area contributed by atoms with Gasteiger partial charge in [-0.3, -0.25) is 0 Å². The summed E-state index contributed by atoms with van der Waals surface area (Å²) in [4.78, 5) is 0. The van der Waals surface area contributed by atoms with Crippen LogP contribution in [0.25, 0.3) is 16.8 Å². The van der Waals surface area contributed by atoms with Gasteiger partial charge in [0.2, 0.25) is 0 Å². The van der Waals surface area contributed by atoms with Crippen molar-refractivity contribution in [3.8, 4) is 0 Å². The molecule has 0 aromatic rings. The van der Waals surface area contributed by atoms with E-state index in [1.165, 1.54) is 32.3 Å². The third-order valence-electron chi connectivity index (χ3n) is 2.55. The standard InChI is InChI=1S/C10H14N2.2C2H6O2.H2N.H2O.3Zn/c1-5-11-6-2-9(1)10-3-7-12-8-4-10;2*1-2(3)4;;;;;/h1-2,5,10H,3-4,6-8H2;2*2-4H,1H3;2*1H2;;;/q-2;;;-1;;;;+2. The first-order valence-corrected chi connectivity index (χ1v) is 6.82. The molecule has 2 aliphatic rings. The molecule has 0 aromatic carbocycles. The van der Waals surface area contributed by atoms with E-state index in [-0.39, 0.29) is 70.1 Å². The van der Waals surface area contributed by atoms with Crippen LogP contribution in [0.5, 0.6) is 0 Å². The van der Waals surface area contributed by atoms with Crippen LogP contribution in [0.15, 0.2) is 23.9 Å². The third kappa shape index (κ3) is 29.9. The summed E-state index contributed by atoms with van der Waals surface area (Å²) < 4.78 is 0. The van der Waals surface area contributed by atoms with Crippen molar-refractivity contribution < 1.29 is 84.3 Å². The van der Waals surface area contributed by atoms with Crippen LogP contribution in [0.3, 0.4) is 0 Å². The van der Waals surface area contributed by atoms with Gasteiger partial charge in [-0.1, -0.05) is 30.6 Å². The van der Waals surface area contributed by atoms with E-state index in [2.05, 4.69) is 22.8 Å². The summed E-state index contributed by atoms with van der Waals surface area (Å²) in [7, 11) is 0. The van der Waals surface area contributed by atoms with Crippen molar-refractivity contribution >= 4 is 0 Å². The van der Waals surface area contributed by atoms with E-state index in [1.54, 1.807) is 0 Å². The molecule has 8 nitrogen and oxygen atoms in total. The number of nitrogens with zero attached hydrogens (tertiary/aromatic N) is 2. The smallest absolute Gasteiger partial charge is 0.693 e. The summed E-state index contributed by atoms with van der Waals surface area (Å²) in [6.07, 6.45) is 6.46. The Kier molecular flexibility index (Phi) is 43.9. The Labute approximate surface area is 189 Å². The van der Waals surface area contributed by atoms with E-state index in [0.29, 0.717) is 0 Å². The summed E-state index contributed by atoms with van der Waals surface area (Å²) in [5.41, 5.74) is 1.49. The van der Waals surface area contributed by atoms with Gasteiger partial charge in [0.15, 0.2) is 0 Å². The maximum Gasteiger partial charge on any atom is 2.00 e. The second-order valence-corrected chi connectivity index (χ2v) is 4.59. The largest absolute Gasteiger partial charge is 2.00 e. The molecule has 0 unspecified atom stereocenters. The van der Waals surface area contributed by atoms with Gasteiger partial charge in [0.05, 0.1) is 0 Å². The average Bonchev–Trinajstić information content (AvgIpc) is 2.39. The van der Waals surface area contributed by atoms with Crippen LogP contribution >= 0.6 is 0 Å². The molecule has 11 heteroatoms. The molecule has 0 amide bonds. The van der Waals surface area contributed by atoms with Gasteiger partial charge in [0.25, 0.3) is 0 Å². The molecule has 1 fully saturated rings. The first-order valence-electron chi connectivity index (χ1n) is 6.82. The molecule has 138 valence electrons. The molecule has 25 heavy (non-hydrogen) atoms. The minimum atomic E-state index is -1.17. The Morgan fingerprint density at radius 3 is 1.72 bits per heavy atom. The fourth-order valence-corrected chi connectivity index (χ4v) is 1.81. The summed E-state index contributed by atoms with van der Waals surface area (Å²) in [5.74, 6) is 0.759. The zero-order valence-electron chi connectivity index (χ0n) is 15.4. The number of allylic oxidation sites excluding steroid dienone is 2. The summed E-state index contributed by atoms with van der Waals surface area (Å²) in [6.45, 7) is 5.53. The fourth-order valence-electron chi connectivity index (χ4n) is 1.81. The Morgan fingerprint density at radius 2 is 1.40 bits per heavy atom. The van der Waals surface area contributed by atoms with Crippen LogP contribution in [0.1, 0.15) is 26.7 Å². The first-order chi connectivity index (χ1) is 9.43. The molecule has 2 rings (SSSR count). The molecule has 0 aliphatic carbocycles. The third-order valence-corrected chi connectivity index (χ3v) is 2.55. The van der Waals surface area contributed by atoms with Crippen LogP contribution in [-0.2, 0) is 58.4 Å². The Hall–Kier alpha value is 0.870. The number of hydrogen-bond donors (Lipinski definition) is 4. The van der Waals surface area contributed by atoms with E-state index < -0.39 is 12.6 Å². The van der Waals surface area contributed by atoms with Crippen molar-refractivity contribution in [2.45, 2.75) is 39.3 Å². The van der Waals surface area contributed by atoms with Gasteiger partial charge in [0, 0.05) is 39.0 Å². The van der Waals surface area contributed by atoms with E-state index in [9.17, 15) is 0 Å². The molecule has 2 heterocycles. The van der Waals surface area contributed by atoms with Crippen LogP contribution < -0.4 is 0 Å². The monoisotopic (exact) mass is 512 g/mol. The molecule has 2 aliphatic heterocycles. The van der Waals surface area contributed by atoms with Gasteiger partial charge < -0.3 is 42.7 Å². The van der Waals surface area contributed by atoms with Gasteiger partial charge in [-0.05, 0) is 19.8 Å². The van der Waals surface area contributed by atoms with Gasteiger partial charge >= 0.3 is 19.5 Å². The van der Waals surface area contributed by atoms with Crippen molar-refractivity contribution in [2.75, 3.05) is 19.6 Å². The first kappa shape index (κ1) is 40.5. The maximum atomic E-state index is 7.61. The van der Waals surface area contributed by atoms with Crippen LogP contribution in [0.2, 0.25) is 0 Å². The maximum absolute atomic E-state index is 7.61. The number of hydrogen-bond acceptors (Lipinski definition) is 4. The molecule has 8 N–H and O–H groups in total. The second kappa shape index (κ2) is 27.1. The van der Waals surface area contributed by atoms with Gasteiger partial charge in [0.1, 0.15) is 12.6 Å². The predicted molar refractivity (Wildman–Crippen MR) is 88.0 cm³/mol. The van der Waals surface area contributed by atoms with Crippen LogP contribution in [-0.4, -0.2) is 58.1 Å². The zero-order valence-corrected chi connectivity index (χ0v) is 24.3. The molecular formula is C14H30N3O5Zn3-. The number of nitrogens with two attached hydrogens (primary N) is 1. The molecule has 0 atom stereocenters.